The molecule has 0 amide bonds. The third-order valence-electron chi connectivity index (χ3n) is 8.49. The molecule has 1 aromatic heterocycles. The maximum Gasteiger partial charge on any atom is 0.176 e. The number of hydrogen-bond acceptors (Lipinski definition) is 7. The van der Waals surface area contributed by atoms with Crippen molar-refractivity contribution in [3.05, 3.63) is 41.0 Å². The second-order valence-corrected chi connectivity index (χ2v) is 15.1. The van der Waals surface area contributed by atoms with Gasteiger partial charge >= 0.3 is 0 Å². The number of nitriles is 1. The minimum atomic E-state index is -0.315. The van der Waals surface area contributed by atoms with Gasteiger partial charge in [-0.05, 0) is 60.0 Å². The number of allylic oxidation sites excluding steroid dienone is 1. The Morgan fingerprint density at radius 2 is 1.66 bits per heavy atom. The van der Waals surface area contributed by atoms with Gasteiger partial charge in [-0.15, -0.1) is 10.8 Å². The molecule has 0 spiro atoms. The first-order chi connectivity index (χ1) is 18.9. The molecule has 0 bridgehead atoms. The molecule has 0 saturated heterocycles. The summed E-state index contributed by atoms with van der Waals surface area (Å²) in [5.41, 5.74) is 2.07. The van der Waals surface area contributed by atoms with Crippen molar-refractivity contribution in [1.29, 1.82) is 5.26 Å². The average Bonchev–Trinajstić information content (AvgIpc) is 3.38. The minimum Gasteiger partial charge on any atom is -0.872 e. The highest BCUT2D eigenvalue weighted by atomic mass is 17.2. The minimum absolute atomic E-state index is 0.0239. The lowest BCUT2D eigenvalue weighted by Gasteiger charge is -2.49. The van der Waals surface area contributed by atoms with E-state index in [2.05, 4.69) is 54.5 Å². The van der Waals surface area contributed by atoms with E-state index in [-0.39, 0.29) is 34.7 Å². The molecule has 1 saturated carbocycles. The van der Waals surface area contributed by atoms with Gasteiger partial charge in [0, 0.05) is 11.0 Å². The fourth-order valence-corrected chi connectivity index (χ4v) is 6.06. The Morgan fingerprint density at radius 1 is 1.05 bits per heavy atom. The number of rotatable bonds is 5. The third kappa shape index (κ3) is 6.42. The molecule has 2 aromatic rings. The molecule has 1 fully saturated rings. The van der Waals surface area contributed by atoms with E-state index in [1.807, 2.05) is 27.7 Å². The first-order valence-electron chi connectivity index (χ1n) is 14.7. The molecular weight excluding hydrogens is 514 g/mol. The highest BCUT2D eigenvalue weighted by molar-refractivity contribution is 6.14. The zero-order valence-corrected chi connectivity index (χ0v) is 26.6. The van der Waals surface area contributed by atoms with Gasteiger partial charge in [0.2, 0.25) is 0 Å². The first-order valence-corrected chi connectivity index (χ1v) is 14.7. The van der Waals surface area contributed by atoms with E-state index < -0.39 is 0 Å². The molecule has 2 unspecified atom stereocenters. The summed E-state index contributed by atoms with van der Waals surface area (Å²) >= 11 is 0. The molecule has 1 aliphatic heterocycles. The van der Waals surface area contributed by atoms with E-state index in [0.717, 1.165) is 18.4 Å². The maximum atomic E-state index is 11.9. The Bertz CT molecular complexity index is 1370. The van der Waals surface area contributed by atoms with Crippen LogP contribution in [0, 0.1) is 46.8 Å². The van der Waals surface area contributed by atoms with Crippen molar-refractivity contribution >= 4 is 17.1 Å². The predicted molar refractivity (Wildman–Crippen MR) is 159 cm³/mol. The SMILES string of the molecule is Cc1cc([O-])ccc1N=C1C(COOC2C(C(C)(C)C)CC(C)CC2C(C)(C)C)=C(C#N)c2nc(C(C)(C)C)nn21. The zero-order valence-electron chi connectivity index (χ0n) is 26.6. The van der Waals surface area contributed by atoms with E-state index in [0.29, 0.717) is 52.1 Å². The molecule has 0 N–H and O–H groups in total. The summed E-state index contributed by atoms with van der Waals surface area (Å²) in [6.45, 7) is 23.9. The lowest BCUT2D eigenvalue weighted by atomic mass is 9.59. The highest BCUT2D eigenvalue weighted by Gasteiger charge is 2.47. The van der Waals surface area contributed by atoms with Crippen LogP contribution in [-0.4, -0.2) is 33.3 Å². The smallest absolute Gasteiger partial charge is 0.176 e. The summed E-state index contributed by atoms with van der Waals surface area (Å²) in [6, 6.07) is 7.05. The standard InChI is InChI=1S/C33H47N5O3/c1-19-14-24(31(3,4)5)27(25(15-19)32(6,7)8)41-40-18-23-22(17-34)28-36-30(33(9,10)11)37-38(28)29(23)35-26-13-12-21(39)16-20(26)2/h12-13,16,19,24-25,27,39H,14-15,18H2,1-11H3/p-1. The summed E-state index contributed by atoms with van der Waals surface area (Å²) in [4.78, 5) is 22.1. The Balaban J connectivity index is 1.72. The van der Waals surface area contributed by atoms with Gasteiger partial charge in [0.1, 0.15) is 18.2 Å². The molecular formula is C33H46N5O3-. The van der Waals surface area contributed by atoms with E-state index in [1.165, 1.54) is 6.07 Å². The summed E-state index contributed by atoms with van der Waals surface area (Å²) in [5, 5.41) is 26.9. The van der Waals surface area contributed by atoms with Crippen LogP contribution in [-0.2, 0) is 15.2 Å². The summed E-state index contributed by atoms with van der Waals surface area (Å²) in [5.74, 6) is 2.68. The first kappa shape index (κ1) is 30.9. The number of aliphatic imine (C=N–C) groups is 1. The molecule has 41 heavy (non-hydrogen) atoms. The molecule has 8 nitrogen and oxygen atoms in total. The van der Waals surface area contributed by atoms with Crippen LogP contribution >= 0.6 is 0 Å². The fraction of sp³-hybridized carbons (Fsp3) is 0.636. The van der Waals surface area contributed by atoms with Gasteiger partial charge in [-0.3, -0.25) is 0 Å². The van der Waals surface area contributed by atoms with Crippen LogP contribution in [0.25, 0.3) is 5.57 Å². The van der Waals surface area contributed by atoms with Crippen LogP contribution in [0.2, 0.25) is 0 Å². The highest BCUT2D eigenvalue weighted by Crippen LogP contribution is 2.49. The van der Waals surface area contributed by atoms with Crippen molar-refractivity contribution in [2.45, 2.75) is 101 Å². The van der Waals surface area contributed by atoms with Crippen LogP contribution in [0.1, 0.15) is 99.3 Å². The van der Waals surface area contributed by atoms with Gasteiger partial charge in [0.15, 0.2) is 17.5 Å². The lowest BCUT2D eigenvalue weighted by molar-refractivity contribution is -0.354. The monoisotopic (exact) mass is 560 g/mol. The molecule has 0 radical (unpaired) electrons. The Kier molecular flexibility index (Phi) is 8.30. The molecule has 2 atom stereocenters. The van der Waals surface area contributed by atoms with Crippen molar-refractivity contribution < 1.29 is 14.9 Å². The van der Waals surface area contributed by atoms with E-state index in [4.69, 9.17) is 24.9 Å². The van der Waals surface area contributed by atoms with E-state index in [1.54, 1.807) is 16.8 Å². The summed E-state index contributed by atoms with van der Waals surface area (Å²) < 4.78 is 1.63. The molecule has 2 aliphatic rings. The second kappa shape index (κ2) is 11.0. The molecule has 2 heterocycles. The second-order valence-electron chi connectivity index (χ2n) is 15.1. The van der Waals surface area contributed by atoms with Gasteiger partial charge in [-0.2, -0.15) is 9.94 Å². The number of hydrogen-bond donors (Lipinski definition) is 0. The van der Waals surface area contributed by atoms with Crippen LogP contribution in [0.3, 0.4) is 0 Å². The molecule has 222 valence electrons. The van der Waals surface area contributed by atoms with Crippen molar-refractivity contribution in [2.24, 2.45) is 33.6 Å². The predicted octanol–water partition coefficient (Wildman–Crippen LogP) is 6.90. The van der Waals surface area contributed by atoms with E-state index in [9.17, 15) is 10.4 Å². The molecule has 4 rings (SSSR count). The zero-order chi connectivity index (χ0) is 30.5. The Morgan fingerprint density at radius 3 is 2.17 bits per heavy atom. The number of nitrogens with zero attached hydrogens (tertiary/aromatic N) is 5. The quantitative estimate of drug-likeness (QED) is 0.291. The van der Waals surface area contributed by atoms with Crippen molar-refractivity contribution in [3.63, 3.8) is 0 Å². The van der Waals surface area contributed by atoms with Crippen LogP contribution in [0.4, 0.5) is 5.69 Å². The average molecular weight is 561 g/mol. The van der Waals surface area contributed by atoms with Gasteiger partial charge < -0.3 is 5.11 Å². The third-order valence-corrected chi connectivity index (χ3v) is 8.49. The van der Waals surface area contributed by atoms with Gasteiger partial charge in [-0.25, -0.2) is 19.8 Å². The number of benzene rings is 1. The Hall–Kier alpha value is -3.02. The number of aromatic nitrogens is 3. The fourth-order valence-electron chi connectivity index (χ4n) is 6.06. The molecule has 8 heteroatoms. The van der Waals surface area contributed by atoms with Gasteiger partial charge in [-0.1, -0.05) is 81.4 Å². The van der Waals surface area contributed by atoms with Crippen LogP contribution in [0.5, 0.6) is 5.75 Å². The van der Waals surface area contributed by atoms with Crippen molar-refractivity contribution in [2.75, 3.05) is 6.61 Å². The Labute approximate surface area is 245 Å². The number of aryl methyl sites for hydroxylation is 1. The topological polar surface area (TPSA) is 108 Å². The largest absolute Gasteiger partial charge is 0.872 e. The van der Waals surface area contributed by atoms with Gasteiger partial charge in [0.25, 0.3) is 0 Å². The number of fused-ring (bicyclic) bond motifs is 1. The van der Waals surface area contributed by atoms with Crippen LogP contribution in [0.15, 0.2) is 28.8 Å². The van der Waals surface area contributed by atoms with Crippen molar-refractivity contribution in [3.8, 4) is 11.8 Å². The normalized spacial score (nSPS) is 24.6. The molecule has 1 aliphatic carbocycles. The van der Waals surface area contributed by atoms with Crippen LogP contribution < -0.4 is 5.11 Å². The van der Waals surface area contributed by atoms with Gasteiger partial charge in [0.05, 0.1) is 11.8 Å². The lowest BCUT2D eigenvalue weighted by Crippen LogP contribution is -2.48. The summed E-state index contributed by atoms with van der Waals surface area (Å²) in [7, 11) is 0. The van der Waals surface area contributed by atoms with E-state index >= 15 is 0 Å². The van der Waals surface area contributed by atoms with Crippen molar-refractivity contribution in [1.82, 2.24) is 14.8 Å². The summed E-state index contributed by atoms with van der Waals surface area (Å²) in [6.07, 6.45) is 2.06. The maximum absolute atomic E-state index is 11.9. The molecule has 1 aromatic carbocycles.